The van der Waals surface area contributed by atoms with Crippen LogP contribution in [-0.2, 0) is 6.42 Å². The zero-order valence-corrected chi connectivity index (χ0v) is 14.5. The molecule has 0 amide bonds. The molecule has 0 aliphatic carbocycles. The number of fused-ring (bicyclic) bond motifs is 3. The summed E-state index contributed by atoms with van der Waals surface area (Å²) in [5.74, 6) is 0. The summed E-state index contributed by atoms with van der Waals surface area (Å²) < 4.78 is 36.3. The second kappa shape index (κ2) is 7.78. The number of benzene rings is 2. The third-order valence-corrected chi connectivity index (χ3v) is 3.95. The Bertz CT molecular complexity index is 915. The highest BCUT2D eigenvalue weighted by molar-refractivity contribution is 5.69. The first-order chi connectivity index (χ1) is 12.4. The first-order valence-electron chi connectivity index (χ1n) is 7.88. The molecule has 0 radical (unpaired) electrons. The number of pyridine rings is 1. The predicted molar refractivity (Wildman–Crippen MR) is 86.2 cm³/mol. The molecule has 0 N–H and O–H groups in total. The van der Waals surface area contributed by atoms with Crippen LogP contribution in [0.1, 0.15) is 22.4 Å². The van der Waals surface area contributed by atoms with Gasteiger partial charge in [0.15, 0.2) is 11.9 Å². The van der Waals surface area contributed by atoms with Gasteiger partial charge in [0.05, 0.1) is 6.42 Å². The van der Waals surface area contributed by atoms with E-state index in [2.05, 4.69) is 83.6 Å². The summed E-state index contributed by atoms with van der Waals surface area (Å²) in [4.78, 5) is 0. The molecule has 6 heteroatoms. The topological polar surface area (TPSA) is 96.1 Å². The monoisotopic (exact) mass is 369 g/mol. The Balaban J connectivity index is 0.000000349. The van der Waals surface area contributed by atoms with E-state index in [1.54, 1.807) is 0 Å². The summed E-state index contributed by atoms with van der Waals surface area (Å²) in [5, 5.41) is 0. The van der Waals surface area contributed by atoms with Crippen LogP contribution in [0.4, 0.5) is 0 Å². The maximum atomic E-state index is 8.49. The summed E-state index contributed by atoms with van der Waals surface area (Å²) in [6.07, 6.45) is 7.53. The maximum absolute atomic E-state index is 8.49. The first-order valence-corrected chi connectivity index (χ1v) is 9.11. The molecule has 0 saturated heterocycles. The van der Waals surface area contributed by atoms with E-state index in [1.807, 2.05) is 6.07 Å². The van der Waals surface area contributed by atoms with Crippen molar-refractivity contribution in [3.8, 4) is 5.69 Å². The van der Waals surface area contributed by atoms with Crippen LogP contribution < -0.4 is 23.2 Å². The number of nitrogens with zero attached hydrogens (tertiary/aromatic N) is 1. The van der Waals surface area contributed by atoms with Gasteiger partial charge in [-0.15, -0.1) is 10.2 Å². The summed E-state index contributed by atoms with van der Waals surface area (Å²) >= 11 is 0. The first kappa shape index (κ1) is 18.3. The van der Waals surface area contributed by atoms with Gasteiger partial charge in [-0.05, 0) is 11.1 Å². The Morgan fingerprint density at radius 3 is 2.12 bits per heavy atom. The molecule has 3 aromatic rings. The fourth-order valence-corrected chi connectivity index (χ4v) is 2.89. The highest BCUT2D eigenvalue weighted by Crippen LogP contribution is 2.21. The Labute approximate surface area is 153 Å². The molecule has 5 nitrogen and oxygen atoms in total. The number of rotatable bonds is 2. The van der Waals surface area contributed by atoms with Crippen molar-refractivity contribution in [2.45, 2.75) is 6.42 Å². The lowest BCUT2D eigenvalue weighted by Gasteiger charge is -2.17. The number of halogens is 1. The summed E-state index contributed by atoms with van der Waals surface area (Å²) in [6.45, 7) is 0. The molecule has 2 heterocycles. The molecule has 0 saturated carbocycles. The lowest BCUT2D eigenvalue weighted by atomic mass is 10.1. The summed E-state index contributed by atoms with van der Waals surface area (Å²) in [5.41, 5.74) is 6.55. The Morgan fingerprint density at radius 2 is 1.38 bits per heavy atom. The van der Waals surface area contributed by atoms with Gasteiger partial charge in [-0.25, -0.2) is 18.6 Å². The summed E-state index contributed by atoms with van der Waals surface area (Å²) in [6, 6.07) is 23.5. The fraction of sp³-hybridized carbons (Fsp3) is 0.0500. The largest absolute Gasteiger partial charge is 0.222 e. The molecule has 0 bridgehead atoms. The Kier molecular flexibility index (Phi) is 5.46. The maximum Gasteiger partial charge on any atom is 0.214 e. The van der Waals surface area contributed by atoms with Gasteiger partial charge in [0, 0.05) is 23.8 Å². The molecule has 0 atom stereocenters. The fourth-order valence-electron chi connectivity index (χ4n) is 2.89. The van der Waals surface area contributed by atoms with Crippen LogP contribution in [0.5, 0.6) is 0 Å². The van der Waals surface area contributed by atoms with E-state index in [1.165, 1.54) is 28.1 Å². The highest BCUT2D eigenvalue weighted by atomic mass is 35.7. The van der Waals surface area contributed by atoms with Gasteiger partial charge in [0.25, 0.3) is 0 Å². The van der Waals surface area contributed by atoms with Crippen molar-refractivity contribution >= 4 is 12.2 Å². The summed E-state index contributed by atoms with van der Waals surface area (Å²) in [7, 11) is -4.94. The minimum absolute atomic E-state index is 1.02. The zero-order chi connectivity index (χ0) is 18.6. The van der Waals surface area contributed by atoms with E-state index in [9.17, 15) is 0 Å². The molecule has 2 aromatic carbocycles. The van der Waals surface area contributed by atoms with Crippen molar-refractivity contribution in [2.24, 2.45) is 0 Å². The van der Waals surface area contributed by atoms with Crippen molar-refractivity contribution in [2.75, 3.05) is 0 Å². The van der Waals surface area contributed by atoms with E-state index < -0.39 is 10.2 Å². The van der Waals surface area contributed by atoms with Gasteiger partial charge < -0.3 is 0 Å². The van der Waals surface area contributed by atoms with Crippen molar-refractivity contribution in [1.82, 2.24) is 0 Å². The van der Waals surface area contributed by atoms with Crippen molar-refractivity contribution in [3.63, 3.8) is 0 Å². The molecule has 4 rings (SSSR count). The van der Waals surface area contributed by atoms with Gasteiger partial charge in [-0.3, -0.25) is 0 Å². The molecular weight excluding hydrogens is 354 g/mol. The predicted octanol–water partition coefficient (Wildman–Crippen LogP) is -0.718. The van der Waals surface area contributed by atoms with Crippen LogP contribution in [-0.4, -0.2) is 0 Å². The molecule has 0 fully saturated rings. The van der Waals surface area contributed by atoms with Crippen LogP contribution >= 0.6 is 0 Å². The molecule has 0 spiro atoms. The quantitative estimate of drug-likeness (QED) is 0.436. The molecule has 1 aliphatic rings. The second-order valence-corrected chi connectivity index (χ2v) is 6.50. The number of aromatic nitrogens is 1. The van der Waals surface area contributed by atoms with Crippen LogP contribution in [0.3, 0.4) is 0 Å². The number of hydrogen-bond acceptors (Lipinski definition) is 4. The van der Waals surface area contributed by atoms with E-state index >= 15 is 0 Å². The van der Waals surface area contributed by atoms with E-state index in [0.29, 0.717) is 0 Å². The average Bonchev–Trinajstić information content (AvgIpc) is 2.97. The van der Waals surface area contributed by atoms with Crippen LogP contribution in [0.2, 0.25) is 0 Å². The van der Waals surface area contributed by atoms with Gasteiger partial charge in [0.1, 0.15) is 0 Å². The molecule has 1 aromatic heterocycles. The normalized spacial score (nSPS) is 12.3. The molecule has 26 heavy (non-hydrogen) atoms. The second-order valence-electron chi connectivity index (χ2n) is 5.75. The molecule has 0 unspecified atom stereocenters. The molecular formula is C20H16ClNO4. The minimum Gasteiger partial charge on any atom is -0.222 e. The van der Waals surface area contributed by atoms with Crippen molar-refractivity contribution in [3.05, 3.63) is 95.3 Å². The van der Waals surface area contributed by atoms with E-state index in [4.69, 9.17) is 18.6 Å². The zero-order valence-electron chi connectivity index (χ0n) is 13.7. The van der Waals surface area contributed by atoms with Crippen LogP contribution in [0, 0.1) is 10.2 Å². The minimum atomic E-state index is -4.94. The number of hydrogen-bond donors (Lipinski definition) is 0. The Morgan fingerprint density at radius 1 is 0.769 bits per heavy atom. The lowest BCUT2D eigenvalue weighted by Crippen LogP contribution is -2.68. The SMILES string of the molecule is C(=Cc1cc[n+]2c(c1)Cc1ccccc1-2)c1ccccc1.[O-][Cl+3]([O-])([O-])[O-]. The Hall–Kier alpha value is -2.54. The average molecular weight is 370 g/mol. The third kappa shape index (κ3) is 4.98. The van der Waals surface area contributed by atoms with Gasteiger partial charge in [-0.2, -0.15) is 4.57 Å². The lowest BCUT2D eigenvalue weighted by molar-refractivity contribution is -2.00. The van der Waals surface area contributed by atoms with Gasteiger partial charge in [-0.1, -0.05) is 60.7 Å². The van der Waals surface area contributed by atoms with E-state index in [0.717, 1.165) is 6.42 Å². The standard InChI is InChI=1S/C20H16N.ClHO4/c1-2-6-16(7-3-1)10-11-17-12-13-21-19(14-17)15-18-8-4-5-9-20(18)21;2-1(3,4)5/h1-14H,15H2;(H,2,3,4,5)/q+1;/p-1. The van der Waals surface area contributed by atoms with E-state index in [-0.39, 0.29) is 0 Å². The van der Waals surface area contributed by atoms with Crippen molar-refractivity contribution in [1.29, 1.82) is 0 Å². The molecule has 1 aliphatic heterocycles. The van der Waals surface area contributed by atoms with Gasteiger partial charge >= 0.3 is 0 Å². The number of para-hydroxylation sites is 1. The smallest absolute Gasteiger partial charge is 0.214 e. The van der Waals surface area contributed by atoms with Gasteiger partial charge in [0.2, 0.25) is 5.69 Å². The van der Waals surface area contributed by atoms with Crippen LogP contribution in [0.15, 0.2) is 72.9 Å². The third-order valence-electron chi connectivity index (χ3n) is 3.95. The highest BCUT2D eigenvalue weighted by Gasteiger charge is 2.25. The van der Waals surface area contributed by atoms with Crippen LogP contribution in [0.25, 0.3) is 17.8 Å². The van der Waals surface area contributed by atoms with Crippen molar-refractivity contribution < 1.29 is 33.4 Å². The molecule has 132 valence electrons.